The van der Waals surface area contributed by atoms with Gasteiger partial charge in [0, 0.05) is 5.56 Å². The minimum Gasteiger partial charge on any atom is -0.493 e. The molecule has 0 unspecified atom stereocenters. The Bertz CT molecular complexity index is 1560. The van der Waals surface area contributed by atoms with E-state index in [0.717, 1.165) is 14.7 Å². The maximum Gasteiger partial charge on any atom is 0.335 e. The van der Waals surface area contributed by atoms with Gasteiger partial charge in [-0.2, -0.15) is 5.10 Å². The Kier molecular flexibility index (Phi) is 10.8. The van der Waals surface area contributed by atoms with Gasteiger partial charge in [0.2, 0.25) is 0 Å². The molecule has 0 aliphatic heterocycles. The first-order valence-electron chi connectivity index (χ1n) is 13.0. The number of hydrazone groups is 1. The summed E-state index contributed by atoms with van der Waals surface area (Å²) in [4.78, 5) is 23.8. The summed E-state index contributed by atoms with van der Waals surface area (Å²) in [5.74, 6) is 0.655. The van der Waals surface area contributed by atoms with Crippen molar-refractivity contribution >= 4 is 40.7 Å². The maximum absolute atomic E-state index is 12.8. The Balaban J connectivity index is 1.40. The molecule has 10 heteroatoms. The second-order valence-electron chi connectivity index (χ2n) is 8.89. The van der Waals surface area contributed by atoms with Gasteiger partial charge in [-0.1, -0.05) is 42.5 Å². The maximum atomic E-state index is 12.8. The Morgan fingerprint density at radius 1 is 0.833 bits per heavy atom. The number of carbonyl (C=O) groups is 2. The lowest BCUT2D eigenvalue weighted by Gasteiger charge is -2.15. The number of amides is 1. The first-order chi connectivity index (χ1) is 20.4. The number of benzene rings is 4. The molecular formula is C32H29IN2O7. The van der Waals surface area contributed by atoms with Crippen molar-refractivity contribution in [1.29, 1.82) is 0 Å². The van der Waals surface area contributed by atoms with E-state index < -0.39 is 11.9 Å². The Morgan fingerprint density at radius 3 is 2.21 bits per heavy atom. The van der Waals surface area contributed by atoms with Gasteiger partial charge in [0.15, 0.2) is 23.0 Å². The zero-order valence-electron chi connectivity index (χ0n) is 23.0. The van der Waals surface area contributed by atoms with Crippen molar-refractivity contribution in [2.75, 3.05) is 13.7 Å². The number of carbonyl (C=O) groups excluding carboxylic acids is 1. The molecule has 0 fully saturated rings. The molecule has 0 saturated heterocycles. The van der Waals surface area contributed by atoms with Crippen molar-refractivity contribution < 1.29 is 33.6 Å². The molecule has 2 N–H and O–H groups in total. The quantitative estimate of drug-likeness (QED) is 0.0966. The summed E-state index contributed by atoms with van der Waals surface area (Å²) in [5, 5.41) is 13.2. The molecule has 9 nitrogen and oxygen atoms in total. The molecule has 0 aliphatic rings. The van der Waals surface area contributed by atoms with E-state index in [0.29, 0.717) is 47.3 Å². The highest BCUT2D eigenvalue weighted by Gasteiger charge is 2.14. The minimum atomic E-state index is -0.981. The van der Waals surface area contributed by atoms with Crippen molar-refractivity contribution in [3.63, 3.8) is 0 Å². The van der Waals surface area contributed by atoms with Gasteiger partial charge in [-0.25, -0.2) is 10.2 Å². The number of nitrogens with one attached hydrogen (secondary N) is 1. The van der Waals surface area contributed by atoms with E-state index in [-0.39, 0.29) is 12.2 Å². The smallest absolute Gasteiger partial charge is 0.335 e. The fourth-order valence-corrected chi connectivity index (χ4v) is 4.64. The molecule has 4 aromatic carbocycles. The van der Waals surface area contributed by atoms with Crippen LogP contribution in [0.2, 0.25) is 0 Å². The van der Waals surface area contributed by atoms with Gasteiger partial charge in [0.25, 0.3) is 5.91 Å². The van der Waals surface area contributed by atoms with Crippen LogP contribution in [-0.2, 0) is 13.2 Å². The van der Waals surface area contributed by atoms with Crippen molar-refractivity contribution in [2.24, 2.45) is 5.10 Å². The van der Waals surface area contributed by atoms with Gasteiger partial charge < -0.3 is 24.1 Å². The Hall–Kier alpha value is -4.58. The molecule has 4 rings (SSSR count). The normalized spacial score (nSPS) is 10.7. The Morgan fingerprint density at radius 2 is 1.52 bits per heavy atom. The highest BCUT2D eigenvalue weighted by molar-refractivity contribution is 14.1. The number of carboxylic acid groups (broad SMARTS) is 1. The molecule has 0 atom stereocenters. The van der Waals surface area contributed by atoms with Crippen LogP contribution >= 0.6 is 22.6 Å². The lowest BCUT2D eigenvalue weighted by Crippen LogP contribution is -2.17. The van der Waals surface area contributed by atoms with Gasteiger partial charge in [-0.05, 0) is 88.7 Å². The second kappa shape index (κ2) is 14.9. The van der Waals surface area contributed by atoms with E-state index in [1.807, 2.05) is 43.3 Å². The van der Waals surface area contributed by atoms with Crippen LogP contribution < -0.4 is 24.4 Å². The topological polar surface area (TPSA) is 116 Å². The lowest BCUT2D eigenvalue weighted by atomic mass is 10.1. The predicted octanol–water partition coefficient (Wildman–Crippen LogP) is 6.32. The third-order valence-electron chi connectivity index (χ3n) is 5.96. The SMILES string of the molecule is CCOc1cc(/C=N/NC(=O)c2ccc(OCc3ccccc3)c(OC)c2)cc(I)c1OCc1ccc(C(=O)O)cc1. The Labute approximate surface area is 257 Å². The van der Waals surface area contributed by atoms with E-state index in [1.165, 1.54) is 25.5 Å². The number of ether oxygens (including phenoxy) is 4. The number of halogens is 1. The summed E-state index contributed by atoms with van der Waals surface area (Å²) in [6.07, 6.45) is 1.52. The molecule has 1 amide bonds. The van der Waals surface area contributed by atoms with Crippen molar-refractivity contribution in [3.05, 3.63) is 116 Å². The minimum absolute atomic E-state index is 0.211. The van der Waals surface area contributed by atoms with Crippen LogP contribution in [0.25, 0.3) is 0 Å². The molecule has 0 saturated carbocycles. The molecule has 0 spiro atoms. The van der Waals surface area contributed by atoms with E-state index in [4.69, 9.17) is 24.1 Å². The van der Waals surface area contributed by atoms with Gasteiger partial charge in [-0.15, -0.1) is 0 Å². The van der Waals surface area contributed by atoms with Crippen LogP contribution in [-0.4, -0.2) is 36.9 Å². The highest BCUT2D eigenvalue weighted by Crippen LogP contribution is 2.34. The molecule has 0 bridgehead atoms. The second-order valence-corrected chi connectivity index (χ2v) is 10.1. The largest absolute Gasteiger partial charge is 0.493 e. The third kappa shape index (κ3) is 8.23. The molecule has 0 radical (unpaired) electrons. The van der Waals surface area contributed by atoms with Crippen LogP contribution in [0.1, 0.15) is 44.3 Å². The van der Waals surface area contributed by atoms with Crippen molar-refractivity contribution in [2.45, 2.75) is 20.1 Å². The van der Waals surface area contributed by atoms with Gasteiger partial charge in [0.1, 0.15) is 13.2 Å². The number of hydrogen-bond acceptors (Lipinski definition) is 7. The fourth-order valence-electron chi connectivity index (χ4n) is 3.86. The summed E-state index contributed by atoms with van der Waals surface area (Å²) in [5.41, 5.74) is 5.65. The summed E-state index contributed by atoms with van der Waals surface area (Å²) < 4.78 is 23.9. The average molecular weight is 680 g/mol. The number of hydrogen-bond donors (Lipinski definition) is 2. The zero-order valence-corrected chi connectivity index (χ0v) is 25.2. The molecule has 4 aromatic rings. The molecular weight excluding hydrogens is 651 g/mol. The highest BCUT2D eigenvalue weighted by atomic mass is 127. The molecule has 216 valence electrons. The van der Waals surface area contributed by atoms with E-state index >= 15 is 0 Å². The average Bonchev–Trinajstić information content (AvgIpc) is 3.00. The third-order valence-corrected chi connectivity index (χ3v) is 6.76. The van der Waals surface area contributed by atoms with Crippen molar-refractivity contribution in [3.8, 4) is 23.0 Å². The van der Waals surface area contributed by atoms with Gasteiger partial charge in [0.05, 0.1) is 29.1 Å². The van der Waals surface area contributed by atoms with Crippen LogP contribution in [0, 0.1) is 3.57 Å². The number of aromatic carboxylic acids is 1. The van der Waals surface area contributed by atoms with Crippen LogP contribution in [0.4, 0.5) is 0 Å². The van der Waals surface area contributed by atoms with Crippen LogP contribution in [0.5, 0.6) is 23.0 Å². The zero-order chi connectivity index (χ0) is 29.9. The van der Waals surface area contributed by atoms with E-state index in [9.17, 15) is 9.59 Å². The number of carboxylic acids is 1. The van der Waals surface area contributed by atoms with Crippen molar-refractivity contribution in [1.82, 2.24) is 5.43 Å². The predicted molar refractivity (Wildman–Crippen MR) is 167 cm³/mol. The van der Waals surface area contributed by atoms with Crippen LogP contribution in [0.15, 0.2) is 90.0 Å². The first kappa shape index (κ1) is 30.4. The van der Waals surface area contributed by atoms with Gasteiger partial charge in [-0.3, -0.25) is 4.79 Å². The molecule has 0 aromatic heterocycles. The lowest BCUT2D eigenvalue weighted by molar-refractivity contribution is 0.0696. The molecule has 42 heavy (non-hydrogen) atoms. The van der Waals surface area contributed by atoms with E-state index in [2.05, 4.69) is 33.1 Å². The number of methoxy groups -OCH3 is 1. The monoisotopic (exact) mass is 680 g/mol. The van der Waals surface area contributed by atoms with Crippen LogP contribution in [0.3, 0.4) is 0 Å². The number of rotatable bonds is 13. The molecule has 0 heterocycles. The standard InChI is InChI=1S/C32H29IN2O7/c1-3-40-29-16-23(15-26(33)30(29)42-20-22-9-11-24(12-10-22)32(37)38)18-34-35-31(36)25-13-14-27(28(17-25)39-2)41-19-21-7-5-4-6-8-21/h4-18H,3,19-20H2,1-2H3,(H,35,36)(H,37,38)/b34-18+. The van der Waals surface area contributed by atoms with E-state index in [1.54, 1.807) is 36.4 Å². The number of nitrogens with zero attached hydrogens (tertiary/aromatic N) is 1. The summed E-state index contributed by atoms with van der Waals surface area (Å²) in [6, 6.07) is 24.8. The van der Waals surface area contributed by atoms with Gasteiger partial charge >= 0.3 is 5.97 Å². The summed E-state index contributed by atoms with van der Waals surface area (Å²) in [6.45, 7) is 2.90. The molecule has 0 aliphatic carbocycles. The fraction of sp³-hybridized carbons (Fsp3) is 0.156. The first-order valence-corrected chi connectivity index (χ1v) is 14.0. The summed E-state index contributed by atoms with van der Waals surface area (Å²) in [7, 11) is 1.52. The summed E-state index contributed by atoms with van der Waals surface area (Å²) >= 11 is 2.15.